The lowest BCUT2D eigenvalue weighted by atomic mass is 10.1. The Balaban J connectivity index is 2.25. The van der Waals surface area contributed by atoms with Crippen LogP contribution in [0.15, 0.2) is 24.3 Å². The third kappa shape index (κ3) is 3.56. The highest BCUT2D eigenvalue weighted by molar-refractivity contribution is 6.32. The lowest BCUT2D eigenvalue weighted by Gasteiger charge is -2.06. The van der Waals surface area contributed by atoms with Gasteiger partial charge < -0.3 is 11.1 Å². The van der Waals surface area contributed by atoms with Gasteiger partial charge in [0.1, 0.15) is 11.0 Å². The van der Waals surface area contributed by atoms with Crippen molar-refractivity contribution >= 4 is 40.6 Å². The minimum absolute atomic E-state index is 0.0356. The second kappa shape index (κ2) is 5.42. The van der Waals surface area contributed by atoms with Crippen LogP contribution >= 0.6 is 23.2 Å². The van der Waals surface area contributed by atoms with Crippen molar-refractivity contribution in [2.45, 2.75) is 6.92 Å². The van der Waals surface area contributed by atoms with E-state index in [-0.39, 0.29) is 22.2 Å². The molecule has 2 rings (SSSR count). The molecule has 19 heavy (non-hydrogen) atoms. The number of rotatable bonds is 2. The first-order valence-corrected chi connectivity index (χ1v) is 6.08. The van der Waals surface area contributed by atoms with Gasteiger partial charge in [0, 0.05) is 17.3 Å². The molecule has 0 saturated heterocycles. The van der Waals surface area contributed by atoms with E-state index in [1.807, 2.05) is 6.92 Å². The molecule has 0 aliphatic carbocycles. The molecule has 0 saturated carbocycles. The Kier molecular flexibility index (Phi) is 3.87. The van der Waals surface area contributed by atoms with E-state index in [0.29, 0.717) is 11.3 Å². The zero-order chi connectivity index (χ0) is 14.0. The van der Waals surface area contributed by atoms with Gasteiger partial charge in [-0.15, -0.1) is 0 Å². The van der Waals surface area contributed by atoms with Crippen molar-refractivity contribution in [2.24, 2.45) is 0 Å². The molecular formula is C12H10Cl2N4O. The van der Waals surface area contributed by atoms with Crippen molar-refractivity contribution in [3.63, 3.8) is 0 Å². The van der Waals surface area contributed by atoms with Crippen LogP contribution in [-0.2, 0) is 0 Å². The van der Waals surface area contributed by atoms with Gasteiger partial charge in [0.05, 0.1) is 0 Å². The molecule has 0 unspecified atom stereocenters. The number of amides is 1. The summed E-state index contributed by atoms with van der Waals surface area (Å²) in [4.78, 5) is 19.6. The highest BCUT2D eigenvalue weighted by Gasteiger charge is 2.09. The van der Waals surface area contributed by atoms with E-state index in [9.17, 15) is 4.79 Å². The minimum atomic E-state index is -0.346. The standard InChI is InChI=1S/C12H10Cl2N4O/c1-6-2-7(4-8(15)3-6)11(19)17-10-5-9(13)16-12(14)18-10/h2-5H,15H2,1H3,(H,16,17,18,19). The van der Waals surface area contributed by atoms with Crippen molar-refractivity contribution < 1.29 is 4.79 Å². The summed E-state index contributed by atoms with van der Waals surface area (Å²) in [6.45, 7) is 1.85. The average Bonchev–Trinajstić information content (AvgIpc) is 2.25. The number of hydrogen-bond acceptors (Lipinski definition) is 4. The highest BCUT2D eigenvalue weighted by Crippen LogP contribution is 2.16. The lowest BCUT2D eigenvalue weighted by molar-refractivity contribution is 0.102. The van der Waals surface area contributed by atoms with Crippen LogP contribution < -0.4 is 11.1 Å². The first kappa shape index (κ1) is 13.6. The number of nitrogens with two attached hydrogens (primary N) is 1. The van der Waals surface area contributed by atoms with Crippen LogP contribution in [0, 0.1) is 6.92 Å². The van der Waals surface area contributed by atoms with E-state index in [2.05, 4.69) is 15.3 Å². The normalized spacial score (nSPS) is 10.3. The van der Waals surface area contributed by atoms with Gasteiger partial charge in [0.25, 0.3) is 5.91 Å². The van der Waals surface area contributed by atoms with E-state index in [0.717, 1.165) is 5.56 Å². The molecule has 0 bridgehead atoms. The summed E-state index contributed by atoms with van der Waals surface area (Å²) in [7, 11) is 0. The zero-order valence-corrected chi connectivity index (χ0v) is 11.5. The van der Waals surface area contributed by atoms with Crippen LogP contribution in [0.3, 0.4) is 0 Å². The molecule has 0 atom stereocenters. The van der Waals surface area contributed by atoms with E-state index in [1.165, 1.54) is 6.07 Å². The maximum atomic E-state index is 12.0. The number of nitrogens with one attached hydrogen (secondary N) is 1. The predicted octanol–water partition coefficient (Wildman–Crippen LogP) is 2.93. The summed E-state index contributed by atoms with van der Waals surface area (Å²) in [6.07, 6.45) is 0. The number of aryl methyl sites for hydroxylation is 1. The SMILES string of the molecule is Cc1cc(N)cc(C(=O)Nc2cc(Cl)nc(Cl)n2)c1. The number of carbonyl (C=O) groups is 1. The van der Waals surface area contributed by atoms with Gasteiger partial charge in [-0.3, -0.25) is 4.79 Å². The summed E-state index contributed by atoms with van der Waals surface area (Å²) < 4.78 is 0. The number of carbonyl (C=O) groups excluding carboxylic acids is 1. The van der Waals surface area contributed by atoms with Gasteiger partial charge >= 0.3 is 0 Å². The lowest BCUT2D eigenvalue weighted by Crippen LogP contribution is -2.13. The summed E-state index contributed by atoms with van der Waals surface area (Å²) in [5.41, 5.74) is 7.53. The summed E-state index contributed by atoms with van der Waals surface area (Å²) in [5, 5.41) is 2.70. The Hall–Kier alpha value is -1.85. The van der Waals surface area contributed by atoms with Crippen molar-refractivity contribution in [2.75, 3.05) is 11.1 Å². The maximum Gasteiger partial charge on any atom is 0.256 e. The number of nitrogens with zero attached hydrogens (tertiary/aromatic N) is 2. The number of benzene rings is 1. The molecule has 1 amide bonds. The molecule has 0 fully saturated rings. The number of nitrogen functional groups attached to an aromatic ring is 1. The van der Waals surface area contributed by atoms with Gasteiger partial charge in [-0.1, -0.05) is 11.6 Å². The van der Waals surface area contributed by atoms with Crippen LogP contribution in [-0.4, -0.2) is 15.9 Å². The first-order chi connectivity index (χ1) is 8.94. The molecule has 0 aliphatic rings. The quantitative estimate of drug-likeness (QED) is 0.507. The molecule has 7 heteroatoms. The molecule has 0 aliphatic heterocycles. The number of aromatic nitrogens is 2. The molecule has 0 radical (unpaired) electrons. The van der Waals surface area contributed by atoms with Gasteiger partial charge in [-0.05, 0) is 42.3 Å². The van der Waals surface area contributed by atoms with Gasteiger partial charge in [0.2, 0.25) is 5.28 Å². The fourth-order valence-corrected chi connectivity index (χ4v) is 2.00. The average molecular weight is 297 g/mol. The summed E-state index contributed by atoms with van der Waals surface area (Å²) >= 11 is 11.4. The highest BCUT2D eigenvalue weighted by atomic mass is 35.5. The van der Waals surface area contributed by atoms with Gasteiger partial charge in [0.15, 0.2) is 0 Å². The summed E-state index contributed by atoms with van der Waals surface area (Å²) in [6, 6.07) is 6.47. The Morgan fingerprint density at radius 1 is 1.21 bits per heavy atom. The molecule has 0 spiro atoms. The molecule has 2 aromatic rings. The third-order valence-electron chi connectivity index (χ3n) is 2.27. The molecule has 1 aromatic carbocycles. The van der Waals surface area contributed by atoms with Crippen molar-refractivity contribution in [3.05, 3.63) is 45.8 Å². The van der Waals surface area contributed by atoms with Gasteiger partial charge in [-0.2, -0.15) is 0 Å². The summed E-state index contributed by atoms with van der Waals surface area (Å²) in [5.74, 6) is -0.115. The van der Waals surface area contributed by atoms with Crippen molar-refractivity contribution in [3.8, 4) is 0 Å². The molecular weight excluding hydrogens is 287 g/mol. The molecule has 1 aromatic heterocycles. The fraction of sp³-hybridized carbons (Fsp3) is 0.0833. The molecule has 1 heterocycles. The number of anilines is 2. The Bertz CT molecular complexity index is 605. The molecule has 5 nitrogen and oxygen atoms in total. The van der Waals surface area contributed by atoms with Crippen LogP contribution in [0.1, 0.15) is 15.9 Å². The zero-order valence-electron chi connectivity index (χ0n) is 9.95. The second-order valence-electron chi connectivity index (χ2n) is 3.93. The maximum absolute atomic E-state index is 12.0. The van der Waals surface area contributed by atoms with Crippen LogP contribution in [0.25, 0.3) is 0 Å². The Morgan fingerprint density at radius 2 is 1.95 bits per heavy atom. The van der Waals surface area contributed by atoms with Crippen LogP contribution in [0.5, 0.6) is 0 Å². The topological polar surface area (TPSA) is 80.9 Å². The first-order valence-electron chi connectivity index (χ1n) is 5.32. The molecule has 98 valence electrons. The predicted molar refractivity (Wildman–Crippen MR) is 75.6 cm³/mol. The van der Waals surface area contributed by atoms with E-state index < -0.39 is 0 Å². The van der Waals surface area contributed by atoms with Crippen molar-refractivity contribution in [1.82, 2.24) is 9.97 Å². The van der Waals surface area contributed by atoms with E-state index in [4.69, 9.17) is 28.9 Å². The largest absolute Gasteiger partial charge is 0.399 e. The Labute approximate surface area is 119 Å². The smallest absolute Gasteiger partial charge is 0.256 e. The van der Waals surface area contributed by atoms with E-state index in [1.54, 1.807) is 18.2 Å². The van der Waals surface area contributed by atoms with Gasteiger partial charge in [-0.25, -0.2) is 9.97 Å². The number of hydrogen-bond donors (Lipinski definition) is 2. The minimum Gasteiger partial charge on any atom is -0.399 e. The van der Waals surface area contributed by atoms with Crippen molar-refractivity contribution in [1.29, 1.82) is 0 Å². The number of halogens is 2. The fourth-order valence-electron chi connectivity index (χ4n) is 1.59. The van der Waals surface area contributed by atoms with Crippen LogP contribution in [0.4, 0.5) is 11.5 Å². The monoisotopic (exact) mass is 296 g/mol. The third-order valence-corrected chi connectivity index (χ3v) is 2.63. The molecule has 3 N–H and O–H groups in total. The Morgan fingerprint density at radius 3 is 2.58 bits per heavy atom. The van der Waals surface area contributed by atoms with E-state index >= 15 is 0 Å². The van der Waals surface area contributed by atoms with Crippen LogP contribution in [0.2, 0.25) is 10.4 Å². The second-order valence-corrected chi connectivity index (χ2v) is 4.66.